The van der Waals surface area contributed by atoms with Crippen LogP contribution in [0, 0.1) is 11.3 Å². The molecule has 1 fully saturated rings. The van der Waals surface area contributed by atoms with Crippen LogP contribution >= 0.6 is 43.2 Å². The number of rotatable bonds is 3. The summed E-state index contributed by atoms with van der Waals surface area (Å²) in [7, 11) is 0. The zero-order chi connectivity index (χ0) is 14.9. The molecule has 20 heavy (non-hydrogen) atoms. The standard InChI is InChI=1S/C15H21Br2NOS/c1-15(2,3)10-4-6-18(7-5-10)9-12(19)11-8-13(16)20-14(11)17/h8,10H,4-7,9H2,1-3H3. The molecular weight excluding hydrogens is 402 g/mol. The highest BCUT2D eigenvalue weighted by Gasteiger charge is 2.29. The fourth-order valence-electron chi connectivity index (χ4n) is 2.78. The summed E-state index contributed by atoms with van der Waals surface area (Å²) in [5, 5.41) is 0. The molecule has 0 unspecified atom stereocenters. The van der Waals surface area contributed by atoms with E-state index in [1.807, 2.05) is 6.07 Å². The van der Waals surface area contributed by atoms with E-state index in [2.05, 4.69) is 57.5 Å². The number of nitrogens with zero attached hydrogens (tertiary/aromatic N) is 1. The molecule has 2 rings (SSSR count). The van der Waals surface area contributed by atoms with Crippen molar-refractivity contribution in [1.29, 1.82) is 0 Å². The van der Waals surface area contributed by atoms with Crippen LogP contribution in [0.15, 0.2) is 13.6 Å². The van der Waals surface area contributed by atoms with Gasteiger partial charge < -0.3 is 0 Å². The Labute approximate surface area is 142 Å². The molecule has 2 heterocycles. The molecule has 0 amide bonds. The minimum atomic E-state index is 0.216. The number of hydrogen-bond acceptors (Lipinski definition) is 3. The van der Waals surface area contributed by atoms with Gasteiger partial charge in [0.1, 0.15) is 0 Å². The average molecular weight is 423 g/mol. The third-order valence-electron chi connectivity index (χ3n) is 4.14. The number of piperidine rings is 1. The maximum absolute atomic E-state index is 12.3. The van der Waals surface area contributed by atoms with Crippen molar-refractivity contribution < 1.29 is 4.79 Å². The van der Waals surface area contributed by atoms with Crippen molar-refractivity contribution in [3.63, 3.8) is 0 Å². The predicted molar refractivity (Wildman–Crippen MR) is 92.7 cm³/mol. The first-order valence-corrected chi connectivity index (χ1v) is 9.38. The van der Waals surface area contributed by atoms with Gasteiger partial charge in [-0.15, -0.1) is 11.3 Å². The molecule has 0 saturated carbocycles. The highest BCUT2D eigenvalue weighted by Crippen LogP contribution is 2.35. The largest absolute Gasteiger partial charge is 0.296 e. The van der Waals surface area contributed by atoms with E-state index in [-0.39, 0.29) is 5.78 Å². The lowest BCUT2D eigenvalue weighted by Gasteiger charge is -2.38. The summed E-state index contributed by atoms with van der Waals surface area (Å²) < 4.78 is 1.93. The van der Waals surface area contributed by atoms with E-state index in [4.69, 9.17) is 0 Å². The summed E-state index contributed by atoms with van der Waals surface area (Å²) in [4.78, 5) is 14.6. The number of hydrogen-bond donors (Lipinski definition) is 0. The Morgan fingerprint density at radius 2 is 1.95 bits per heavy atom. The summed E-state index contributed by atoms with van der Waals surface area (Å²) in [6.45, 7) is 9.57. The zero-order valence-electron chi connectivity index (χ0n) is 12.2. The molecular formula is C15H21Br2NOS. The molecule has 0 spiro atoms. The second-order valence-electron chi connectivity index (χ2n) is 6.58. The molecule has 1 saturated heterocycles. The van der Waals surface area contributed by atoms with Gasteiger partial charge in [0.2, 0.25) is 0 Å². The summed E-state index contributed by atoms with van der Waals surface area (Å²) in [6.07, 6.45) is 2.40. The Morgan fingerprint density at radius 1 is 1.35 bits per heavy atom. The van der Waals surface area contributed by atoms with Crippen LogP contribution in [0.2, 0.25) is 0 Å². The first kappa shape index (κ1) is 16.7. The van der Waals surface area contributed by atoms with Gasteiger partial charge >= 0.3 is 0 Å². The van der Waals surface area contributed by atoms with Crippen molar-refractivity contribution in [3.05, 3.63) is 19.2 Å². The minimum Gasteiger partial charge on any atom is -0.296 e. The first-order chi connectivity index (χ1) is 9.27. The summed E-state index contributed by atoms with van der Waals surface area (Å²) in [5.41, 5.74) is 1.19. The SMILES string of the molecule is CC(C)(C)C1CCN(CC(=O)c2cc(Br)sc2Br)CC1. The van der Waals surface area contributed by atoms with Gasteiger partial charge in [0.05, 0.1) is 14.1 Å². The number of halogens is 2. The number of thiophene rings is 1. The highest BCUT2D eigenvalue weighted by molar-refractivity contribution is 9.12. The van der Waals surface area contributed by atoms with E-state index in [9.17, 15) is 4.79 Å². The predicted octanol–water partition coefficient (Wildman–Crippen LogP) is 5.21. The van der Waals surface area contributed by atoms with Crippen molar-refractivity contribution in [2.75, 3.05) is 19.6 Å². The van der Waals surface area contributed by atoms with Crippen molar-refractivity contribution in [1.82, 2.24) is 4.90 Å². The van der Waals surface area contributed by atoms with E-state index in [0.717, 1.165) is 32.1 Å². The van der Waals surface area contributed by atoms with Crippen molar-refractivity contribution in [2.45, 2.75) is 33.6 Å². The number of carbonyl (C=O) groups is 1. The Hall–Kier alpha value is 0.290. The lowest BCUT2D eigenvalue weighted by atomic mass is 9.75. The summed E-state index contributed by atoms with van der Waals surface area (Å²) >= 11 is 8.45. The van der Waals surface area contributed by atoms with E-state index in [1.165, 1.54) is 12.8 Å². The number of carbonyl (C=O) groups excluding carboxylic acids is 1. The summed E-state index contributed by atoms with van der Waals surface area (Å²) in [5.74, 6) is 0.990. The molecule has 0 N–H and O–H groups in total. The van der Waals surface area contributed by atoms with Gasteiger partial charge in [-0.05, 0) is 75.2 Å². The molecule has 1 aliphatic rings. The van der Waals surface area contributed by atoms with Gasteiger partial charge in [-0.1, -0.05) is 20.8 Å². The highest BCUT2D eigenvalue weighted by atomic mass is 79.9. The first-order valence-electron chi connectivity index (χ1n) is 6.98. The van der Waals surface area contributed by atoms with Crippen LogP contribution in [-0.2, 0) is 0 Å². The zero-order valence-corrected chi connectivity index (χ0v) is 16.2. The van der Waals surface area contributed by atoms with Gasteiger partial charge in [-0.2, -0.15) is 0 Å². The Morgan fingerprint density at radius 3 is 2.40 bits per heavy atom. The Bertz CT molecular complexity index is 485. The second-order valence-corrected chi connectivity index (χ2v) is 10.3. The van der Waals surface area contributed by atoms with Gasteiger partial charge in [0.25, 0.3) is 0 Å². The normalized spacial score (nSPS) is 18.4. The number of ketones is 1. The van der Waals surface area contributed by atoms with Crippen LogP contribution in [0.5, 0.6) is 0 Å². The molecule has 1 aromatic rings. The van der Waals surface area contributed by atoms with Gasteiger partial charge in [-0.25, -0.2) is 0 Å². The Balaban J connectivity index is 1.90. The van der Waals surface area contributed by atoms with Crippen LogP contribution in [0.25, 0.3) is 0 Å². The van der Waals surface area contributed by atoms with E-state index in [1.54, 1.807) is 11.3 Å². The fourth-order valence-corrected chi connectivity index (χ4v) is 5.63. The van der Waals surface area contributed by atoms with E-state index < -0.39 is 0 Å². The second kappa shape index (κ2) is 6.59. The smallest absolute Gasteiger partial charge is 0.178 e. The molecule has 1 aliphatic heterocycles. The molecule has 0 aromatic carbocycles. The summed E-state index contributed by atoms with van der Waals surface area (Å²) in [6, 6.07) is 1.92. The van der Waals surface area contributed by atoms with Gasteiger partial charge in [0.15, 0.2) is 5.78 Å². The lowest BCUT2D eigenvalue weighted by Crippen LogP contribution is -2.40. The maximum atomic E-state index is 12.3. The topological polar surface area (TPSA) is 20.3 Å². The van der Waals surface area contributed by atoms with Crippen molar-refractivity contribution >= 4 is 49.0 Å². The van der Waals surface area contributed by atoms with Crippen LogP contribution in [0.4, 0.5) is 0 Å². The minimum absolute atomic E-state index is 0.216. The lowest BCUT2D eigenvalue weighted by molar-refractivity contribution is 0.0821. The molecule has 0 bridgehead atoms. The van der Waals surface area contributed by atoms with Crippen LogP contribution in [0.3, 0.4) is 0 Å². The quantitative estimate of drug-likeness (QED) is 0.622. The molecule has 112 valence electrons. The maximum Gasteiger partial charge on any atom is 0.178 e. The van der Waals surface area contributed by atoms with Crippen molar-refractivity contribution in [2.24, 2.45) is 11.3 Å². The molecule has 0 radical (unpaired) electrons. The van der Waals surface area contributed by atoms with Gasteiger partial charge in [-0.3, -0.25) is 9.69 Å². The molecule has 2 nitrogen and oxygen atoms in total. The van der Waals surface area contributed by atoms with Crippen LogP contribution in [-0.4, -0.2) is 30.3 Å². The Kier molecular flexibility index (Phi) is 5.49. The number of likely N-dealkylation sites (tertiary alicyclic amines) is 1. The molecule has 1 aromatic heterocycles. The van der Waals surface area contributed by atoms with Crippen LogP contribution in [0.1, 0.15) is 44.0 Å². The third kappa shape index (κ3) is 4.15. The molecule has 0 atom stereocenters. The van der Waals surface area contributed by atoms with Gasteiger partial charge in [0, 0.05) is 5.56 Å². The monoisotopic (exact) mass is 421 g/mol. The van der Waals surface area contributed by atoms with Crippen molar-refractivity contribution in [3.8, 4) is 0 Å². The molecule has 5 heteroatoms. The van der Waals surface area contributed by atoms with E-state index >= 15 is 0 Å². The third-order valence-corrected chi connectivity index (χ3v) is 6.48. The average Bonchev–Trinajstić information content (AvgIpc) is 2.68. The molecule has 0 aliphatic carbocycles. The van der Waals surface area contributed by atoms with E-state index in [0.29, 0.717) is 12.0 Å². The number of Topliss-reactive ketones (excluding diaryl/α,β-unsaturated/α-hetero) is 1. The van der Waals surface area contributed by atoms with Crippen LogP contribution < -0.4 is 0 Å². The fraction of sp³-hybridized carbons (Fsp3) is 0.667.